The van der Waals surface area contributed by atoms with Gasteiger partial charge in [0.2, 0.25) is 5.91 Å². The largest absolute Gasteiger partial charge is 0.385 e. The molecule has 1 fully saturated rings. The van der Waals surface area contributed by atoms with Gasteiger partial charge in [0.15, 0.2) is 0 Å². The lowest BCUT2D eigenvalue weighted by Gasteiger charge is -2.19. The maximum Gasteiger partial charge on any atom is 0.236 e. The van der Waals surface area contributed by atoms with Gasteiger partial charge in [0.1, 0.15) is 0 Å². The molecule has 1 atom stereocenters. The molecule has 0 bridgehead atoms. The van der Waals surface area contributed by atoms with Crippen LogP contribution in [0.2, 0.25) is 0 Å². The second kappa shape index (κ2) is 8.51. The molecule has 5 nitrogen and oxygen atoms in total. The third-order valence-corrected chi connectivity index (χ3v) is 3.79. The zero-order valence-electron chi connectivity index (χ0n) is 12.5. The first-order valence-corrected chi connectivity index (χ1v) is 7.12. The Morgan fingerprint density at radius 3 is 2.53 bits per heavy atom. The normalized spacial score (nSPS) is 18.1. The third-order valence-electron chi connectivity index (χ3n) is 3.79. The van der Waals surface area contributed by atoms with Crippen LogP contribution in [0.3, 0.4) is 0 Å². The molecule has 0 heterocycles. The van der Waals surface area contributed by atoms with Crippen LogP contribution >= 0.6 is 0 Å². The summed E-state index contributed by atoms with van der Waals surface area (Å²) in [6.45, 7) is 4.98. The van der Waals surface area contributed by atoms with E-state index in [1.54, 1.807) is 14.2 Å². The first-order chi connectivity index (χ1) is 9.13. The summed E-state index contributed by atoms with van der Waals surface area (Å²) in [5.74, 6) is 0.0682. The quantitative estimate of drug-likeness (QED) is 0.549. The van der Waals surface area contributed by atoms with Crippen molar-refractivity contribution in [2.24, 2.45) is 5.41 Å². The molecule has 0 aromatic carbocycles. The van der Waals surface area contributed by atoms with E-state index in [1.165, 1.54) is 12.8 Å². The third kappa shape index (κ3) is 6.36. The van der Waals surface area contributed by atoms with Gasteiger partial charge in [-0.1, -0.05) is 0 Å². The van der Waals surface area contributed by atoms with Crippen LogP contribution in [0.5, 0.6) is 0 Å². The van der Waals surface area contributed by atoms with Crippen LogP contribution in [-0.2, 0) is 14.3 Å². The Morgan fingerprint density at radius 2 is 1.95 bits per heavy atom. The molecule has 112 valence electrons. The fourth-order valence-electron chi connectivity index (χ4n) is 2.05. The number of ether oxygens (including phenoxy) is 2. The number of carbonyl (C=O) groups is 1. The summed E-state index contributed by atoms with van der Waals surface area (Å²) in [7, 11) is 3.40. The highest BCUT2D eigenvalue weighted by Gasteiger charge is 2.41. The van der Waals surface area contributed by atoms with Crippen LogP contribution in [0.1, 0.15) is 32.6 Å². The van der Waals surface area contributed by atoms with E-state index in [-0.39, 0.29) is 11.9 Å². The van der Waals surface area contributed by atoms with Gasteiger partial charge in [0.05, 0.1) is 6.04 Å². The molecule has 1 saturated carbocycles. The van der Waals surface area contributed by atoms with Gasteiger partial charge in [-0.25, -0.2) is 0 Å². The number of hydrogen-bond donors (Lipinski definition) is 2. The summed E-state index contributed by atoms with van der Waals surface area (Å²) in [6.07, 6.45) is 4.42. The lowest BCUT2D eigenvalue weighted by atomic mass is 10.0. The molecule has 1 rings (SSSR count). The zero-order valence-corrected chi connectivity index (χ0v) is 12.5. The zero-order chi connectivity index (χ0) is 14.1. The van der Waals surface area contributed by atoms with Crippen molar-refractivity contribution in [3.8, 4) is 0 Å². The van der Waals surface area contributed by atoms with E-state index < -0.39 is 0 Å². The van der Waals surface area contributed by atoms with Gasteiger partial charge in [0, 0.05) is 40.5 Å². The molecule has 0 aromatic rings. The van der Waals surface area contributed by atoms with E-state index in [2.05, 4.69) is 10.6 Å². The van der Waals surface area contributed by atoms with Gasteiger partial charge in [-0.3, -0.25) is 4.79 Å². The Bertz CT molecular complexity index is 267. The van der Waals surface area contributed by atoms with Crippen molar-refractivity contribution in [1.29, 1.82) is 0 Å². The smallest absolute Gasteiger partial charge is 0.236 e. The highest BCUT2D eigenvalue weighted by Crippen LogP contribution is 2.48. The van der Waals surface area contributed by atoms with Gasteiger partial charge in [-0.2, -0.15) is 0 Å². The molecule has 0 spiro atoms. The Labute approximate surface area is 116 Å². The minimum absolute atomic E-state index is 0.0682. The molecule has 1 amide bonds. The van der Waals surface area contributed by atoms with E-state index in [9.17, 15) is 4.79 Å². The number of nitrogens with one attached hydrogen (secondary N) is 2. The molecular formula is C14H28N2O3. The summed E-state index contributed by atoms with van der Waals surface area (Å²) in [5, 5.41) is 6.25. The molecule has 0 aliphatic heterocycles. The van der Waals surface area contributed by atoms with Gasteiger partial charge in [-0.05, 0) is 38.0 Å². The Kier molecular flexibility index (Phi) is 7.34. The lowest BCUT2D eigenvalue weighted by Crippen LogP contribution is -2.44. The number of rotatable bonds is 11. The lowest BCUT2D eigenvalue weighted by molar-refractivity contribution is -0.122. The maximum atomic E-state index is 11.8. The molecule has 0 radical (unpaired) electrons. The Balaban J connectivity index is 2.12. The topological polar surface area (TPSA) is 59.6 Å². The molecule has 1 aliphatic carbocycles. The summed E-state index contributed by atoms with van der Waals surface area (Å²) in [6, 6.07) is -0.137. The van der Waals surface area contributed by atoms with E-state index in [1.807, 2.05) is 6.92 Å². The second-order valence-corrected chi connectivity index (χ2v) is 5.48. The average molecular weight is 272 g/mol. The van der Waals surface area contributed by atoms with Crippen LogP contribution in [0.25, 0.3) is 0 Å². The summed E-state index contributed by atoms with van der Waals surface area (Å²) in [5.41, 5.74) is 0.376. The van der Waals surface area contributed by atoms with Crippen LogP contribution in [-0.4, -0.2) is 52.5 Å². The number of hydrogen-bond acceptors (Lipinski definition) is 4. The monoisotopic (exact) mass is 272 g/mol. The molecule has 2 N–H and O–H groups in total. The summed E-state index contributed by atoms with van der Waals surface area (Å²) < 4.78 is 10.1. The molecule has 0 aromatic heterocycles. The van der Waals surface area contributed by atoms with Gasteiger partial charge in [-0.15, -0.1) is 0 Å². The van der Waals surface area contributed by atoms with E-state index in [0.29, 0.717) is 18.6 Å². The van der Waals surface area contributed by atoms with Crippen molar-refractivity contribution in [1.82, 2.24) is 10.6 Å². The number of carbonyl (C=O) groups excluding carboxylic acids is 1. The molecule has 5 heteroatoms. The van der Waals surface area contributed by atoms with Crippen LogP contribution in [0.15, 0.2) is 0 Å². The molecule has 0 saturated heterocycles. The number of methoxy groups -OCH3 is 2. The van der Waals surface area contributed by atoms with Gasteiger partial charge < -0.3 is 20.1 Å². The van der Waals surface area contributed by atoms with Crippen molar-refractivity contribution in [3.05, 3.63) is 0 Å². The number of amides is 1. The van der Waals surface area contributed by atoms with Crippen LogP contribution in [0.4, 0.5) is 0 Å². The Morgan fingerprint density at radius 1 is 1.26 bits per heavy atom. The summed E-state index contributed by atoms with van der Waals surface area (Å²) in [4.78, 5) is 11.8. The standard InChI is InChI=1S/C14H28N2O3/c1-12(13(17)15-8-4-9-18-2)16-11-14(5-6-14)7-10-19-3/h12,16H,4-11H2,1-3H3,(H,15,17). The highest BCUT2D eigenvalue weighted by molar-refractivity contribution is 5.81. The SMILES string of the molecule is COCCCNC(=O)C(C)NCC1(CCOC)CC1. The van der Waals surface area contributed by atoms with Crippen molar-refractivity contribution in [2.45, 2.75) is 38.6 Å². The van der Waals surface area contributed by atoms with E-state index >= 15 is 0 Å². The van der Waals surface area contributed by atoms with E-state index in [4.69, 9.17) is 9.47 Å². The van der Waals surface area contributed by atoms with E-state index in [0.717, 1.165) is 26.0 Å². The molecule has 19 heavy (non-hydrogen) atoms. The average Bonchev–Trinajstić information content (AvgIpc) is 3.19. The van der Waals surface area contributed by atoms with Crippen LogP contribution < -0.4 is 10.6 Å². The first-order valence-electron chi connectivity index (χ1n) is 7.12. The summed E-state index contributed by atoms with van der Waals surface area (Å²) >= 11 is 0. The fraction of sp³-hybridized carbons (Fsp3) is 0.929. The van der Waals surface area contributed by atoms with Crippen molar-refractivity contribution in [2.75, 3.05) is 40.5 Å². The second-order valence-electron chi connectivity index (χ2n) is 5.48. The van der Waals surface area contributed by atoms with Gasteiger partial charge >= 0.3 is 0 Å². The fourth-order valence-corrected chi connectivity index (χ4v) is 2.05. The molecule has 1 unspecified atom stereocenters. The minimum atomic E-state index is -0.137. The minimum Gasteiger partial charge on any atom is -0.385 e. The highest BCUT2D eigenvalue weighted by atomic mass is 16.5. The molecule has 1 aliphatic rings. The van der Waals surface area contributed by atoms with Crippen LogP contribution in [0, 0.1) is 5.41 Å². The Hall–Kier alpha value is -0.650. The van der Waals surface area contributed by atoms with Gasteiger partial charge in [0.25, 0.3) is 0 Å². The predicted molar refractivity (Wildman–Crippen MR) is 75.1 cm³/mol. The van der Waals surface area contributed by atoms with Crippen molar-refractivity contribution >= 4 is 5.91 Å². The van der Waals surface area contributed by atoms with Crippen molar-refractivity contribution < 1.29 is 14.3 Å². The first kappa shape index (κ1) is 16.4. The van der Waals surface area contributed by atoms with Crippen molar-refractivity contribution in [3.63, 3.8) is 0 Å². The predicted octanol–water partition coefficient (Wildman–Crippen LogP) is 0.934. The maximum absolute atomic E-state index is 11.8. The molecular weight excluding hydrogens is 244 g/mol.